The second-order valence-corrected chi connectivity index (χ2v) is 12.3. The highest BCUT2D eigenvalue weighted by Crippen LogP contribution is 2.35. The van der Waals surface area contributed by atoms with Gasteiger partial charge in [0.2, 0.25) is 0 Å². The lowest BCUT2D eigenvalue weighted by molar-refractivity contribution is 0.226. The third kappa shape index (κ3) is 10.8. The molecule has 0 aliphatic heterocycles. The fourth-order valence-electron chi connectivity index (χ4n) is 5.01. The molecule has 4 rings (SSSR count). The number of aliphatic hydroxyl groups is 1. The van der Waals surface area contributed by atoms with Crippen LogP contribution in [0.2, 0.25) is 0 Å². The van der Waals surface area contributed by atoms with Gasteiger partial charge in [-0.3, -0.25) is 4.85 Å². The van der Waals surface area contributed by atoms with E-state index in [0.29, 0.717) is 29.2 Å². The van der Waals surface area contributed by atoms with Gasteiger partial charge in [0.05, 0.1) is 11.6 Å². The molecule has 0 saturated carbocycles. The van der Waals surface area contributed by atoms with Crippen LogP contribution >= 0.6 is 0 Å². The van der Waals surface area contributed by atoms with Gasteiger partial charge in [-0.2, -0.15) is 5.26 Å². The summed E-state index contributed by atoms with van der Waals surface area (Å²) < 4.78 is 0. The summed E-state index contributed by atoms with van der Waals surface area (Å²) in [5.74, 6) is 1.85. The van der Waals surface area contributed by atoms with E-state index in [2.05, 4.69) is 108 Å². The lowest BCUT2D eigenvalue weighted by Gasteiger charge is -2.23. The Morgan fingerprint density at radius 3 is 1.36 bits per heavy atom. The number of para-hydroxylation sites is 2. The van der Waals surface area contributed by atoms with Crippen LogP contribution in [-0.2, 0) is 0 Å². The summed E-state index contributed by atoms with van der Waals surface area (Å²) >= 11 is 0. The SMILES string of the molecule is CC(C)c1cccc(C(C)C)c1N.CC(C)c1cccc(C(C)C)c1NC(C#N)c1ccccc1.[C-]#[N+]C(O)c1ccccc1. The molecular formula is C40H50N4O. The first-order valence-electron chi connectivity index (χ1n) is 15.7. The molecule has 0 saturated heterocycles. The number of anilines is 2. The topological polar surface area (TPSA) is 86.4 Å². The molecule has 45 heavy (non-hydrogen) atoms. The van der Waals surface area contributed by atoms with Crippen molar-refractivity contribution in [1.29, 1.82) is 5.26 Å². The minimum atomic E-state index is -0.999. The molecule has 236 valence electrons. The molecule has 2 unspecified atom stereocenters. The summed E-state index contributed by atoms with van der Waals surface area (Å²) in [6, 6.07) is 33.6. The second kappa shape index (κ2) is 18.3. The number of nitrogens with zero attached hydrogens (tertiary/aromatic N) is 2. The number of aliphatic hydroxyl groups excluding tert-OH is 1. The number of rotatable bonds is 8. The molecule has 2 atom stereocenters. The van der Waals surface area contributed by atoms with Crippen LogP contribution in [0.5, 0.6) is 0 Å². The second-order valence-electron chi connectivity index (χ2n) is 12.3. The van der Waals surface area contributed by atoms with Crippen LogP contribution in [0, 0.1) is 17.9 Å². The number of nitrogens with two attached hydrogens (primary N) is 1. The van der Waals surface area contributed by atoms with Crippen molar-refractivity contribution in [3.8, 4) is 6.07 Å². The van der Waals surface area contributed by atoms with Gasteiger partial charge in [0.1, 0.15) is 6.04 Å². The van der Waals surface area contributed by atoms with Gasteiger partial charge in [-0.15, -0.1) is 0 Å². The van der Waals surface area contributed by atoms with E-state index >= 15 is 0 Å². The zero-order chi connectivity index (χ0) is 33.5. The van der Waals surface area contributed by atoms with Crippen LogP contribution in [0.1, 0.15) is 125 Å². The van der Waals surface area contributed by atoms with E-state index in [1.165, 1.54) is 22.3 Å². The molecule has 0 aliphatic rings. The van der Waals surface area contributed by atoms with Crippen LogP contribution in [0.15, 0.2) is 97.1 Å². The first-order valence-corrected chi connectivity index (χ1v) is 15.7. The normalized spacial score (nSPS) is 11.9. The first kappa shape index (κ1) is 36.6. The Hall–Kier alpha value is -4.58. The Kier molecular flexibility index (Phi) is 14.9. The highest BCUT2D eigenvalue weighted by Gasteiger charge is 2.18. The van der Waals surface area contributed by atoms with Gasteiger partial charge in [-0.1, -0.05) is 140 Å². The molecule has 0 heterocycles. The van der Waals surface area contributed by atoms with E-state index in [-0.39, 0.29) is 6.04 Å². The lowest BCUT2D eigenvalue weighted by atomic mass is 9.92. The molecule has 0 aliphatic carbocycles. The van der Waals surface area contributed by atoms with Gasteiger partial charge in [-0.05, 0) is 63.6 Å². The monoisotopic (exact) mass is 602 g/mol. The van der Waals surface area contributed by atoms with Crippen molar-refractivity contribution in [1.82, 2.24) is 0 Å². The van der Waals surface area contributed by atoms with Gasteiger partial charge in [0.15, 0.2) is 0 Å². The standard InChI is InChI=1S/C20H24N2.C12H19N.C8H7NO/c1-14(2)17-11-8-12-18(15(3)4)20(17)22-19(13-21)16-9-6-5-7-10-16;1-8(2)10-6-5-7-11(9(3)4)12(10)13;1-9-8(10)7-5-3-2-4-6-7/h5-12,14-15,19,22H,1-4H3;5-9H,13H2,1-4H3;2-6,8,10H. The van der Waals surface area contributed by atoms with Crippen LogP contribution < -0.4 is 11.1 Å². The minimum Gasteiger partial charge on any atom is -0.398 e. The molecule has 0 aromatic heterocycles. The summed E-state index contributed by atoms with van der Waals surface area (Å²) in [5, 5.41) is 22.0. The molecule has 5 nitrogen and oxygen atoms in total. The Morgan fingerprint density at radius 2 is 1.00 bits per heavy atom. The first-order chi connectivity index (χ1) is 21.4. The molecule has 0 radical (unpaired) electrons. The third-order valence-corrected chi connectivity index (χ3v) is 7.56. The van der Waals surface area contributed by atoms with Gasteiger partial charge in [-0.25, -0.2) is 6.57 Å². The van der Waals surface area contributed by atoms with Gasteiger partial charge >= 0.3 is 6.23 Å². The molecule has 4 N–H and O–H groups in total. The van der Waals surface area contributed by atoms with Crippen molar-refractivity contribution in [2.45, 2.75) is 91.3 Å². The van der Waals surface area contributed by atoms with Crippen molar-refractivity contribution in [2.75, 3.05) is 11.1 Å². The molecule has 0 bridgehead atoms. The minimum absolute atomic E-state index is 0.335. The van der Waals surface area contributed by atoms with Crippen LogP contribution in [-0.4, -0.2) is 5.11 Å². The van der Waals surface area contributed by atoms with E-state index in [1.54, 1.807) is 24.3 Å². The number of benzene rings is 4. The fraction of sp³-hybridized carbons (Fsp3) is 0.350. The van der Waals surface area contributed by atoms with E-state index < -0.39 is 6.23 Å². The van der Waals surface area contributed by atoms with E-state index in [0.717, 1.165) is 16.9 Å². The van der Waals surface area contributed by atoms with E-state index in [4.69, 9.17) is 17.4 Å². The number of hydrogen-bond donors (Lipinski definition) is 3. The molecule has 5 heteroatoms. The quantitative estimate of drug-likeness (QED) is 0.138. The maximum Gasteiger partial charge on any atom is 0.352 e. The predicted octanol–water partition coefficient (Wildman–Crippen LogP) is 10.7. The molecule has 4 aromatic rings. The zero-order valence-corrected chi connectivity index (χ0v) is 28.1. The van der Waals surface area contributed by atoms with E-state index in [1.807, 2.05) is 36.4 Å². The molecule has 4 aromatic carbocycles. The Balaban J connectivity index is 0.000000259. The lowest BCUT2D eigenvalue weighted by Crippen LogP contribution is -2.13. The summed E-state index contributed by atoms with van der Waals surface area (Å²) in [6.07, 6.45) is -0.999. The zero-order valence-electron chi connectivity index (χ0n) is 28.1. The largest absolute Gasteiger partial charge is 0.398 e. The molecule has 0 fully saturated rings. The van der Waals surface area contributed by atoms with Crippen molar-refractivity contribution >= 4 is 11.4 Å². The van der Waals surface area contributed by atoms with Crippen LogP contribution in [0.3, 0.4) is 0 Å². The fourth-order valence-corrected chi connectivity index (χ4v) is 5.01. The van der Waals surface area contributed by atoms with Crippen LogP contribution in [0.4, 0.5) is 11.4 Å². The maximum absolute atomic E-state index is 9.59. The highest BCUT2D eigenvalue weighted by atomic mass is 16.3. The number of nitrogen functional groups attached to an aromatic ring is 1. The average Bonchev–Trinajstić information content (AvgIpc) is 3.04. The number of hydrogen-bond acceptors (Lipinski definition) is 4. The average molecular weight is 603 g/mol. The molecule has 0 amide bonds. The highest BCUT2D eigenvalue weighted by molar-refractivity contribution is 5.62. The summed E-state index contributed by atoms with van der Waals surface area (Å²) in [4.78, 5) is 2.96. The number of nitriles is 1. The Labute approximate surface area is 271 Å². The number of nitrogens with one attached hydrogen (secondary N) is 1. The summed E-state index contributed by atoms with van der Waals surface area (Å²) in [5.41, 5.74) is 14.9. The van der Waals surface area contributed by atoms with Gasteiger partial charge < -0.3 is 16.2 Å². The Morgan fingerprint density at radius 1 is 0.622 bits per heavy atom. The van der Waals surface area contributed by atoms with Gasteiger partial charge in [0, 0.05) is 11.4 Å². The maximum atomic E-state index is 9.59. The third-order valence-electron chi connectivity index (χ3n) is 7.56. The summed E-state index contributed by atoms with van der Waals surface area (Å²) in [6.45, 7) is 24.0. The predicted molar refractivity (Wildman–Crippen MR) is 190 cm³/mol. The van der Waals surface area contributed by atoms with Crippen molar-refractivity contribution in [3.05, 3.63) is 142 Å². The molecular weight excluding hydrogens is 552 g/mol. The van der Waals surface area contributed by atoms with Crippen molar-refractivity contribution in [2.24, 2.45) is 0 Å². The van der Waals surface area contributed by atoms with Crippen LogP contribution in [0.25, 0.3) is 4.85 Å². The Bertz CT molecular complexity index is 1480. The van der Waals surface area contributed by atoms with Crippen molar-refractivity contribution < 1.29 is 5.11 Å². The van der Waals surface area contributed by atoms with Gasteiger partial charge in [0.25, 0.3) is 0 Å². The smallest absolute Gasteiger partial charge is 0.352 e. The van der Waals surface area contributed by atoms with Crippen molar-refractivity contribution in [3.63, 3.8) is 0 Å². The van der Waals surface area contributed by atoms with E-state index in [9.17, 15) is 5.26 Å². The molecule has 0 spiro atoms. The summed E-state index contributed by atoms with van der Waals surface area (Å²) in [7, 11) is 0.